The van der Waals surface area contributed by atoms with Crippen LogP contribution in [0.3, 0.4) is 0 Å². The summed E-state index contributed by atoms with van der Waals surface area (Å²) >= 11 is 3.31. The first-order valence-electron chi connectivity index (χ1n) is 8.22. The third kappa shape index (κ3) is 4.78. The van der Waals surface area contributed by atoms with Gasteiger partial charge >= 0.3 is 0 Å². The van der Waals surface area contributed by atoms with Crippen molar-refractivity contribution >= 4 is 31.9 Å². The van der Waals surface area contributed by atoms with Crippen molar-refractivity contribution in [2.75, 3.05) is 32.7 Å². The largest absolute Gasteiger partial charge is 0.349 e. The highest BCUT2D eigenvalue weighted by Crippen LogP contribution is 2.24. The summed E-state index contributed by atoms with van der Waals surface area (Å²) in [6.45, 7) is 6.53. The number of hydrogen-bond donors (Lipinski definition) is 2. The maximum atomic E-state index is 12.7. The van der Waals surface area contributed by atoms with E-state index in [0.29, 0.717) is 42.1 Å². The Bertz CT molecular complexity index is 673. The molecule has 1 aliphatic heterocycles. The standard InChI is InChI=1S/C16H24BrN3O3S/c1-3-13(2)18-16(21)12-19-8-10-20(11-9-19)24(22,23)15-7-5-4-6-14(15)17/h4-7,13H,3,8-12H2,1-2H3,(H,18,21)/p+1. The van der Waals surface area contributed by atoms with Crippen LogP contribution in [0, 0.1) is 0 Å². The van der Waals surface area contributed by atoms with Crippen LogP contribution in [0.1, 0.15) is 20.3 Å². The van der Waals surface area contributed by atoms with Gasteiger partial charge in [0.25, 0.3) is 5.91 Å². The molecule has 0 radical (unpaired) electrons. The molecule has 0 aliphatic carbocycles. The normalized spacial score (nSPS) is 18.3. The first-order chi connectivity index (χ1) is 11.3. The fourth-order valence-electron chi connectivity index (χ4n) is 2.67. The molecule has 24 heavy (non-hydrogen) atoms. The van der Waals surface area contributed by atoms with Crippen LogP contribution in [-0.2, 0) is 14.8 Å². The minimum atomic E-state index is -3.49. The lowest BCUT2D eigenvalue weighted by atomic mass is 10.2. The number of rotatable bonds is 6. The van der Waals surface area contributed by atoms with E-state index in [4.69, 9.17) is 0 Å². The number of sulfonamides is 1. The fraction of sp³-hybridized carbons (Fsp3) is 0.562. The molecule has 0 aromatic heterocycles. The van der Waals surface area contributed by atoms with Crippen LogP contribution in [0.4, 0.5) is 0 Å². The van der Waals surface area contributed by atoms with Crippen molar-refractivity contribution < 1.29 is 18.1 Å². The molecule has 1 saturated heterocycles. The molecule has 0 bridgehead atoms. The molecule has 1 aromatic carbocycles. The number of benzene rings is 1. The van der Waals surface area contributed by atoms with Crippen LogP contribution in [0.15, 0.2) is 33.6 Å². The number of carbonyl (C=O) groups excluding carboxylic acids is 1. The van der Waals surface area contributed by atoms with E-state index in [0.717, 1.165) is 11.3 Å². The van der Waals surface area contributed by atoms with Crippen molar-refractivity contribution in [3.05, 3.63) is 28.7 Å². The lowest BCUT2D eigenvalue weighted by Gasteiger charge is -2.31. The van der Waals surface area contributed by atoms with E-state index < -0.39 is 10.0 Å². The molecule has 2 rings (SSSR count). The van der Waals surface area contributed by atoms with E-state index in [2.05, 4.69) is 21.2 Å². The smallest absolute Gasteiger partial charge is 0.275 e. The summed E-state index contributed by atoms with van der Waals surface area (Å²) in [6, 6.07) is 7.03. The second-order valence-corrected chi connectivity index (χ2v) is 8.90. The first kappa shape index (κ1) is 19.4. The highest BCUT2D eigenvalue weighted by atomic mass is 79.9. The summed E-state index contributed by atoms with van der Waals surface area (Å²) in [4.78, 5) is 13.4. The Hall–Kier alpha value is -0.960. The lowest BCUT2D eigenvalue weighted by Crippen LogP contribution is -3.15. The minimum absolute atomic E-state index is 0.0291. The molecule has 1 unspecified atom stereocenters. The van der Waals surface area contributed by atoms with Crippen molar-refractivity contribution in [3.8, 4) is 0 Å². The molecule has 1 atom stereocenters. The number of piperazine rings is 1. The summed E-state index contributed by atoms with van der Waals surface area (Å²) in [6.07, 6.45) is 0.902. The molecule has 1 amide bonds. The maximum absolute atomic E-state index is 12.7. The zero-order chi connectivity index (χ0) is 17.7. The number of nitrogens with zero attached hydrogens (tertiary/aromatic N) is 1. The molecule has 0 saturated carbocycles. The summed E-state index contributed by atoms with van der Waals surface area (Å²) in [7, 11) is -3.49. The highest BCUT2D eigenvalue weighted by molar-refractivity contribution is 9.10. The maximum Gasteiger partial charge on any atom is 0.275 e. The summed E-state index contributed by atoms with van der Waals surface area (Å²) in [5, 5.41) is 2.95. The van der Waals surface area contributed by atoms with Crippen molar-refractivity contribution in [2.45, 2.75) is 31.2 Å². The Morgan fingerprint density at radius 3 is 2.54 bits per heavy atom. The number of carbonyl (C=O) groups is 1. The number of quaternary nitrogens is 1. The van der Waals surface area contributed by atoms with Gasteiger partial charge in [-0.1, -0.05) is 19.1 Å². The quantitative estimate of drug-likeness (QED) is 0.695. The minimum Gasteiger partial charge on any atom is -0.349 e. The number of hydrogen-bond acceptors (Lipinski definition) is 3. The molecular weight excluding hydrogens is 394 g/mol. The Labute approximate surface area is 152 Å². The van der Waals surface area contributed by atoms with Gasteiger partial charge in [0.15, 0.2) is 6.54 Å². The van der Waals surface area contributed by atoms with E-state index in [-0.39, 0.29) is 11.9 Å². The summed E-state index contributed by atoms with van der Waals surface area (Å²) < 4.78 is 27.5. The van der Waals surface area contributed by atoms with Crippen molar-refractivity contribution in [2.24, 2.45) is 0 Å². The van der Waals surface area contributed by atoms with E-state index in [1.54, 1.807) is 24.3 Å². The van der Waals surface area contributed by atoms with Crippen LogP contribution in [0.2, 0.25) is 0 Å². The Morgan fingerprint density at radius 2 is 1.96 bits per heavy atom. The van der Waals surface area contributed by atoms with Crippen LogP contribution in [0.25, 0.3) is 0 Å². The second-order valence-electron chi connectivity index (χ2n) is 6.14. The monoisotopic (exact) mass is 418 g/mol. The van der Waals surface area contributed by atoms with E-state index in [1.165, 1.54) is 4.31 Å². The Balaban J connectivity index is 1.93. The molecule has 134 valence electrons. The molecule has 1 fully saturated rings. The van der Waals surface area contributed by atoms with Crippen LogP contribution >= 0.6 is 15.9 Å². The van der Waals surface area contributed by atoms with Gasteiger partial charge in [0.2, 0.25) is 10.0 Å². The van der Waals surface area contributed by atoms with E-state index in [9.17, 15) is 13.2 Å². The summed E-state index contributed by atoms with van der Waals surface area (Å²) in [5.41, 5.74) is 0. The molecular formula is C16H25BrN3O3S+. The average Bonchev–Trinajstić information content (AvgIpc) is 2.55. The van der Waals surface area contributed by atoms with Gasteiger partial charge in [-0.15, -0.1) is 0 Å². The number of amides is 1. The molecule has 6 nitrogen and oxygen atoms in total. The van der Waals surface area contributed by atoms with Gasteiger partial charge in [0.1, 0.15) is 0 Å². The first-order valence-corrected chi connectivity index (χ1v) is 10.5. The van der Waals surface area contributed by atoms with Crippen LogP contribution in [-0.4, -0.2) is 57.4 Å². The van der Waals surface area contributed by atoms with Crippen LogP contribution in [0.5, 0.6) is 0 Å². The Morgan fingerprint density at radius 1 is 1.33 bits per heavy atom. The van der Waals surface area contributed by atoms with Gasteiger partial charge in [0, 0.05) is 10.5 Å². The summed E-state index contributed by atoms with van der Waals surface area (Å²) in [5.74, 6) is 0.0291. The van der Waals surface area contributed by atoms with Gasteiger partial charge in [-0.3, -0.25) is 4.79 Å². The topological polar surface area (TPSA) is 70.9 Å². The van der Waals surface area contributed by atoms with Gasteiger partial charge in [-0.25, -0.2) is 8.42 Å². The zero-order valence-corrected chi connectivity index (χ0v) is 16.5. The predicted octanol–water partition coefficient (Wildman–Crippen LogP) is 0.253. The average molecular weight is 419 g/mol. The molecule has 1 aromatic rings. The van der Waals surface area contributed by atoms with Crippen molar-refractivity contribution in [3.63, 3.8) is 0 Å². The molecule has 1 aliphatic rings. The van der Waals surface area contributed by atoms with Crippen molar-refractivity contribution in [1.82, 2.24) is 9.62 Å². The van der Waals surface area contributed by atoms with Crippen LogP contribution < -0.4 is 10.2 Å². The van der Waals surface area contributed by atoms with Gasteiger partial charge in [-0.05, 0) is 41.4 Å². The van der Waals surface area contributed by atoms with E-state index >= 15 is 0 Å². The molecule has 8 heteroatoms. The molecule has 2 N–H and O–H groups in total. The number of nitrogens with one attached hydrogen (secondary N) is 2. The third-order valence-electron chi connectivity index (χ3n) is 4.31. The molecule has 1 heterocycles. The predicted molar refractivity (Wildman–Crippen MR) is 96.4 cm³/mol. The van der Waals surface area contributed by atoms with Gasteiger partial charge in [-0.2, -0.15) is 4.31 Å². The van der Waals surface area contributed by atoms with E-state index in [1.807, 2.05) is 13.8 Å². The highest BCUT2D eigenvalue weighted by Gasteiger charge is 2.32. The number of halogens is 1. The second kappa shape index (κ2) is 8.42. The van der Waals surface area contributed by atoms with Gasteiger partial charge in [0.05, 0.1) is 31.1 Å². The SMILES string of the molecule is CCC(C)NC(=O)C[NH+]1CCN(S(=O)(=O)c2ccccc2Br)CC1. The van der Waals surface area contributed by atoms with Gasteiger partial charge < -0.3 is 10.2 Å². The lowest BCUT2D eigenvalue weighted by molar-refractivity contribution is -0.895. The zero-order valence-electron chi connectivity index (χ0n) is 14.1. The Kier molecular flexibility index (Phi) is 6.79. The molecule has 0 spiro atoms. The fourth-order valence-corrected chi connectivity index (χ4v) is 5.07. The van der Waals surface area contributed by atoms with Crippen molar-refractivity contribution in [1.29, 1.82) is 0 Å². The third-order valence-corrected chi connectivity index (χ3v) is 7.23.